The van der Waals surface area contributed by atoms with Gasteiger partial charge in [0.05, 0.1) is 11.0 Å². The Bertz CT molecular complexity index is 1550. The summed E-state index contributed by atoms with van der Waals surface area (Å²) in [6, 6.07) is 8.16. The average Bonchev–Trinajstić information content (AvgIpc) is 3.45. The van der Waals surface area contributed by atoms with Gasteiger partial charge in [0.1, 0.15) is 5.60 Å². The van der Waals surface area contributed by atoms with Crippen LogP contribution in [0.5, 0.6) is 0 Å². The number of hydrogen-bond donors (Lipinski definition) is 1. The number of allylic oxidation sites excluding steroid dienone is 3. The minimum atomic E-state index is -0.512. The molecule has 0 aliphatic heterocycles. The number of rotatable bonds is 8. The molecular formula is C46H69N2O3. The molecule has 1 radical (unpaired) electrons. The summed E-state index contributed by atoms with van der Waals surface area (Å²) in [7, 11) is 2.07. The molecule has 51 heavy (non-hydrogen) atoms. The third-order valence-corrected chi connectivity index (χ3v) is 16.1. The van der Waals surface area contributed by atoms with Crippen molar-refractivity contribution in [2.45, 2.75) is 126 Å². The van der Waals surface area contributed by atoms with Gasteiger partial charge in [-0.3, -0.25) is 4.79 Å². The molecule has 0 spiro atoms. The number of benzene rings is 1. The topological polar surface area (TPSA) is 58.6 Å². The minimum absolute atomic E-state index is 0.0116. The molecular weight excluding hydrogens is 629 g/mol. The number of likely N-dealkylation sites (N-methyl/N-ethyl adjacent to an activating group) is 1. The second kappa shape index (κ2) is 13.2. The van der Waals surface area contributed by atoms with Gasteiger partial charge in [0.2, 0.25) is 5.91 Å². The first-order valence-electron chi connectivity index (χ1n) is 20.2. The normalized spacial score (nSPS) is 38.4. The monoisotopic (exact) mass is 698 g/mol. The van der Waals surface area contributed by atoms with E-state index >= 15 is 0 Å². The lowest BCUT2D eigenvalue weighted by Crippen LogP contribution is -2.66. The highest BCUT2D eigenvalue weighted by atomic mass is 16.6. The van der Waals surface area contributed by atoms with Crippen molar-refractivity contribution < 1.29 is 14.3 Å². The maximum absolute atomic E-state index is 14.3. The maximum Gasteiger partial charge on any atom is 0.338 e. The van der Waals surface area contributed by atoms with Crippen LogP contribution in [-0.4, -0.2) is 49.1 Å². The Morgan fingerprint density at radius 1 is 0.922 bits per heavy atom. The number of ether oxygens (including phenoxy) is 1. The molecule has 0 bridgehead atoms. The number of esters is 1. The molecule has 6 rings (SSSR count). The van der Waals surface area contributed by atoms with Crippen LogP contribution in [-0.2, 0) is 9.53 Å². The molecule has 4 fully saturated rings. The van der Waals surface area contributed by atoms with Crippen molar-refractivity contribution in [1.29, 1.82) is 0 Å². The van der Waals surface area contributed by atoms with Gasteiger partial charge in [-0.25, -0.2) is 4.79 Å². The van der Waals surface area contributed by atoms with E-state index < -0.39 is 5.60 Å². The van der Waals surface area contributed by atoms with Crippen LogP contribution in [0.25, 0.3) is 5.57 Å². The highest BCUT2D eigenvalue weighted by Crippen LogP contribution is 2.77. The molecule has 5 aliphatic rings. The van der Waals surface area contributed by atoms with Gasteiger partial charge < -0.3 is 15.0 Å². The van der Waals surface area contributed by atoms with Crippen molar-refractivity contribution >= 4 is 17.4 Å². The second-order valence-electron chi connectivity index (χ2n) is 20.0. The molecule has 0 heterocycles. The first-order chi connectivity index (χ1) is 23.7. The van der Waals surface area contributed by atoms with Crippen molar-refractivity contribution in [3.05, 3.63) is 60.5 Å². The van der Waals surface area contributed by atoms with Gasteiger partial charge in [0, 0.05) is 13.1 Å². The summed E-state index contributed by atoms with van der Waals surface area (Å²) in [5.41, 5.74) is 4.39. The van der Waals surface area contributed by atoms with Crippen molar-refractivity contribution in [3.8, 4) is 0 Å². The van der Waals surface area contributed by atoms with Crippen molar-refractivity contribution in [2.75, 3.05) is 26.7 Å². The van der Waals surface area contributed by atoms with Crippen molar-refractivity contribution in [1.82, 2.24) is 10.2 Å². The molecule has 4 saturated carbocycles. The van der Waals surface area contributed by atoms with E-state index in [1.54, 1.807) is 0 Å². The Hall–Kier alpha value is -2.40. The van der Waals surface area contributed by atoms with Gasteiger partial charge in [0.15, 0.2) is 0 Å². The summed E-state index contributed by atoms with van der Waals surface area (Å²) in [6.45, 7) is 31.7. The molecule has 281 valence electrons. The molecule has 0 unspecified atom stereocenters. The largest absolute Gasteiger partial charge is 0.456 e. The third kappa shape index (κ3) is 6.08. The molecule has 5 heteroatoms. The third-order valence-electron chi connectivity index (χ3n) is 16.1. The number of nitrogens with zero attached hydrogens (tertiary/aromatic N) is 1. The van der Waals surface area contributed by atoms with Gasteiger partial charge in [-0.05, 0) is 181 Å². The Kier molecular flexibility index (Phi) is 9.90. The summed E-state index contributed by atoms with van der Waals surface area (Å²) in [4.78, 5) is 29.3. The fourth-order valence-electron chi connectivity index (χ4n) is 13.4. The molecule has 5 nitrogen and oxygen atoms in total. The van der Waals surface area contributed by atoms with E-state index in [9.17, 15) is 9.59 Å². The van der Waals surface area contributed by atoms with Crippen LogP contribution in [0.3, 0.4) is 0 Å². The van der Waals surface area contributed by atoms with E-state index in [4.69, 9.17) is 4.74 Å². The van der Waals surface area contributed by atoms with Crippen LogP contribution in [0.15, 0.2) is 42.5 Å². The van der Waals surface area contributed by atoms with Crippen LogP contribution in [0, 0.1) is 63.6 Å². The first kappa shape index (κ1) is 38.3. The quantitative estimate of drug-likeness (QED) is 0.217. The molecule has 5 aliphatic carbocycles. The van der Waals surface area contributed by atoms with Crippen LogP contribution in [0.4, 0.5) is 0 Å². The smallest absolute Gasteiger partial charge is 0.338 e. The van der Waals surface area contributed by atoms with E-state index in [-0.39, 0.29) is 33.0 Å². The first-order valence-corrected chi connectivity index (χ1v) is 20.2. The van der Waals surface area contributed by atoms with Gasteiger partial charge in [0.25, 0.3) is 0 Å². The van der Waals surface area contributed by atoms with Gasteiger partial charge >= 0.3 is 5.97 Å². The predicted octanol–water partition coefficient (Wildman–Crippen LogP) is 10.2. The van der Waals surface area contributed by atoms with Crippen LogP contribution >= 0.6 is 0 Å². The van der Waals surface area contributed by atoms with Crippen LogP contribution in [0.2, 0.25) is 0 Å². The summed E-state index contributed by atoms with van der Waals surface area (Å²) >= 11 is 0. The molecule has 9 atom stereocenters. The fraction of sp³-hybridized carbons (Fsp3) is 0.717. The zero-order valence-electron chi connectivity index (χ0n) is 33.8. The van der Waals surface area contributed by atoms with E-state index in [1.165, 1.54) is 42.4 Å². The van der Waals surface area contributed by atoms with Crippen LogP contribution in [0.1, 0.15) is 136 Å². The highest BCUT2D eigenvalue weighted by molar-refractivity contribution is 5.90. The Labute approximate surface area is 310 Å². The van der Waals surface area contributed by atoms with Gasteiger partial charge in [-0.15, -0.1) is 0 Å². The predicted molar refractivity (Wildman–Crippen MR) is 210 cm³/mol. The lowest BCUT2D eigenvalue weighted by atomic mass is 9.32. The lowest BCUT2D eigenvalue weighted by molar-refractivity contribution is -0.225. The Balaban J connectivity index is 1.28. The zero-order chi connectivity index (χ0) is 37.4. The molecule has 1 aromatic carbocycles. The summed E-state index contributed by atoms with van der Waals surface area (Å²) in [5.74, 6) is 2.60. The Morgan fingerprint density at radius 2 is 1.61 bits per heavy atom. The molecule has 0 aromatic heterocycles. The van der Waals surface area contributed by atoms with Crippen molar-refractivity contribution in [3.63, 3.8) is 0 Å². The molecule has 1 aromatic rings. The molecule has 1 N–H and O–H groups in total. The standard InChI is InChI=1S/C46H69N2O3/c1-13-48(12)29-28-47-40(50)46-25-20-33(30(2)3)38(46)35-18-19-37-43(9)23-21-34(31-14-16-32(17-15-31)39(49)51-41(4,5)6)42(7,8)36(43)22-24-45(37,11)44(35,10)26-27-46/h14-17,21,33,35-38H,1-2,13,18-20,22-29H2,3-12H3,(H,47,50)/t33-,35+,36-,37+,38+,43-,44+,45+,46-/m0/s1. The number of nitrogens with one attached hydrogen (secondary N) is 1. The molecule has 1 amide bonds. The lowest BCUT2D eigenvalue weighted by Gasteiger charge is -2.72. The minimum Gasteiger partial charge on any atom is -0.456 e. The number of amides is 1. The SMILES string of the molecule is [CH2]CN(C)CCNC(=O)[C@]12CC[C@@H](C(=C)C)[C@@H]1[C@H]1CC[C@@H]3[C@@]4(C)CC=C(c5ccc(C(=O)OC(C)(C)C)cc5)C(C)(C)[C@@H]4CC[C@@]3(C)[C@]1(C)CC2. The summed E-state index contributed by atoms with van der Waals surface area (Å²) in [5, 5.41) is 3.43. The molecule has 0 saturated heterocycles. The fourth-order valence-corrected chi connectivity index (χ4v) is 13.4. The highest BCUT2D eigenvalue weighted by Gasteiger charge is 2.71. The maximum atomic E-state index is 14.3. The average molecular weight is 698 g/mol. The second-order valence-corrected chi connectivity index (χ2v) is 20.0. The van der Waals surface area contributed by atoms with E-state index in [2.05, 4.69) is 90.5 Å². The van der Waals surface area contributed by atoms with E-state index in [0.29, 0.717) is 47.6 Å². The van der Waals surface area contributed by atoms with Gasteiger partial charge in [-0.1, -0.05) is 65.0 Å². The summed E-state index contributed by atoms with van der Waals surface area (Å²) < 4.78 is 5.64. The van der Waals surface area contributed by atoms with E-state index in [0.717, 1.165) is 45.2 Å². The number of fused-ring (bicyclic) bond motifs is 7. The zero-order valence-corrected chi connectivity index (χ0v) is 33.8. The Morgan fingerprint density at radius 3 is 2.24 bits per heavy atom. The number of hydrogen-bond acceptors (Lipinski definition) is 4. The van der Waals surface area contributed by atoms with E-state index in [1.807, 2.05) is 32.9 Å². The van der Waals surface area contributed by atoms with Crippen LogP contribution < -0.4 is 5.32 Å². The van der Waals surface area contributed by atoms with Crippen molar-refractivity contribution in [2.24, 2.45) is 56.7 Å². The number of carbonyl (C=O) groups is 2. The van der Waals surface area contributed by atoms with Gasteiger partial charge in [-0.2, -0.15) is 0 Å². The summed E-state index contributed by atoms with van der Waals surface area (Å²) in [6.07, 6.45) is 12.8. The number of carbonyl (C=O) groups excluding carboxylic acids is 2.